The standard InChI is InChI=1S/C25H29ClN6O2/c1-17-15-32(18(2)14-31(17)22-5-3-20(12-27)23(26)11-22)25(34)29-21-4-6-24(28-13-21)30-9-7-19(16-33)8-10-30/h3-6,11,13,16-19H,7-10,14-15H2,1-2H3,(H,29,34)/t17-,18+/m0/s1. The quantitative estimate of drug-likeness (QED) is 0.661. The molecule has 4 rings (SSSR count). The molecule has 0 saturated carbocycles. The number of carbonyl (C=O) groups is 2. The lowest BCUT2D eigenvalue weighted by molar-refractivity contribution is -0.111. The van der Waals surface area contributed by atoms with Crippen molar-refractivity contribution in [3.05, 3.63) is 47.1 Å². The van der Waals surface area contributed by atoms with Crippen LogP contribution in [0.15, 0.2) is 36.5 Å². The maximum atomic E-state index is 13.0. The molecule has 0 radical (unpaired) electrons. The molecule has 0 spiro atoms. The van der Waals surface area contributed by atoms with E-state index in [2.05, 4.69) is 33.1 Å². The summed E-state index contributed by atoms with van der Waals surface area (Å²) in [5.41, 5.74) is 2.05. The minimum Gasteiger partial charge on any atom is -0.365 e. The number of benzene rings is 1. The number of aromatic nitrogens is 1. The molecule has 0 unspecified atom stereocenters. The van der Waals surface area contributed by atoms with E-state index in [-0.39, 0.29) is 24.0 Å². The van der Waals surface area contributed by atoms with E-state index in [4.69, 9.17) is 16.9 Å². The van der Waals surface area contributed by atoms with Crippen LogP contribution in [0.3, 0.4) is 0 Å². The van der Waals surface area contributed by atoms with Crippen molar-refractivity contribution in [1.29, 1.82) is 5.26 Å². The Bertz CT molecular complexity index is 1080. The maximum Gasteiger partial charge on any atom is 0.322 e. The summed E-state index contributed by atoms with van der Waals surface area (Å²) in [7, 11) is 0. The molecule has 0 bridgehead atoms. The number of piperazine rings is 1. The maximum absolute atomic E-state index is 13.0. The number of rotatable bonds is 4. The van der Waals surface area contributed by atoms with Crippen molar-refractivity contribution < 1.29 is 9.59 Å². The molecular formula is C25H29ClN6O2. The van der Waals surface area contributed by atoms with Gasteiger partial charge >= 0.3 is 6.03 Å². The first kappa shape index (κ1) is 23.8. The van der Waals surface area contributed by atoms with Crippen molar-refractivity contribution in [2.45, 2.75) is 38.8 Å². The zero-order valence-electron chi connectivity index (χ0n) is 19.4. The number of pyridine rings is 1. The molecule has 2 atom stereocenters. The molecule has 2 amide bonds. The number of nitrogens with one attached hydrogen (secondary N) is 1. The molecule has 1 aromatic carbocycles. The Kier molecular flexibility index (Phi) is 7.23. The highest BCUT2D eigenvalue weighted by molar-refractivity contribution is 6.32. The fraction of sp³-hybridized carbons (Fsp3) is 0.440. The lowest BCUT2D eigenvalue weighted by Gasteiger charge is -2.45. The molecule has 2 aliphatic rings. The Balaban J connectivity index is 1.36. The van der Waals surface area contributed by atoms with E-state index in [9.17, 15) is 9.59 Å². The number of aldehydes is 1. The van der Waals surface area contributed by atoms with Gasteiger partial charge in [-0.25, -0.2) is 9.78 Å². The van der Waals surface area contributed by atoms with Crippen LogP contribution in [0.25, 0.3) is 0 Å². The molecule has 1 N–H and O–H groups in total. The molecule has 34 heavy (non-hydrogen) atoms. The van der Waals surface area contributed by atoms with Gasteiger partial charge < -0.3 is 24.8 Å². The van der Waals surface area contributed by atoms with Gasteiger partial charge in [-0.2, -0.15) is 5.26 Å². The van der Waals surface area contributed by atoms with Crippen molar-refractivity contribution in [1.82, 2.24) is 9.88 Å². The average molecular weight is 481 g/mol. The number of hydrogen-bond donors (Lipinski definition) is 1. The minimum atomic E-state index is -0.154. The average Bonchev–Trinajstić information content (AvgIpc) is 2.85. The van der Waals surface area contributed by atoms with Crippen LogP contribution in [0.1, 0.15) is 32.3 Å². The minimum absolute atomic E-state index is 0.0167. The fourth-order valence-electron chi connectivity index (χ4n) is 4.65. The van der Waals surface area contributed by atoms with Crippen LogP contribution in [0.5, 0.6) is 0 Å². The van der Waals surface area contributed by atoms with Crippen LogP contribution < -0.4 is 15.1 Å². The largest absolute Gasteiger partial charge is 0.365 e. The van der Waals surface area contributed by atoms with Gasteiger partial charge in [-0.15, -0.1) is 0 Å². The lowest BCUT2D eigenvalue weighted by atomic mass is 9.99. The van der Waals surface area contributed by atoms with Crippen LogP contribution in [0.4, 0.5) is 22.0 Å². The Labute approximate surface area is 205 Å². The van der Waals surface area contributed by atoms with Gasteiger partial charge in [-0.05, 0) is 57.0 Å². The normalized spacial score (nSPS) is 21.2. The molecule has 8 nitrogen and oxygen atoms in total. The first-order chi connectivity index (χ1) is 16.4. The molecule has 2 aromatic rings. The second-order valence-electron chi connectivity index (χ2n) is 9.07. The first-order valence-electron chi connectivity index (χ1n) is 11.6. The summed E-state index contributed by atoms with van der Waals surface area (Å²) in [5, 5.41) is 12.5. The number of carbonyl (C=O) groups excluding carboxylic acids is 2. The Morgan fingerprint density at radius 2 is 1.94 bits per heavy atom. The number of urea groups is 1. The summed E-state index contributed by atoms with van der Waals surface area (Å²) < 4.78 is 0. The summed E-state index contributed by atoms with van der Waals surface area (Å²) in [5.74, 6) is 1.01. The topological polar surface area (TPSA) is 92.6 Å². The second kappa shape index (κ2) is 10.3. The number of amides is 2. The molecule has 0 aliphatic carbocycles. The number of nitriles is 1. The monoisotopic (exact) mass is 480 g/mol. The third-order valence-corrected chi connectivity index (χ3v) is 7.02. The van der Waals surface area contributed by atoms with Crippen LogP contribution in [0, 0.1) is 17.2 Å². The van der Waals surface area contributed by atoms with E-state index in [0.29, 0.717) is 29.4 Å². The molecule has 1 aromatic heterocycles. The molecule has 2 fully saturated rings. The Morgan fingerprint density at radius 3 is 2.56 bits per heavy atom. The van der Waals surface area contributed by atoms with Crippen LogP contribution in [-0.4, -0.2) is 60.5 Å². The van der Waals surface area contributed by atoms with E-state index in [0.717, 1.165) is 43.7 Å². The van der Waals surface area contributed by atoms with E-state index in [1.165, 1.54) is 0 Å². The van der Waals surface area contributed by atoms with E-state index in [1.54, 1.807) is 12.3 Å². The molecular weight excluding hydrogens is 452 g/mol. The second-order valence-corrected chi connectivity index (χ2v) is 9.48. The van der Waals surface area contributed by atoms with Crippen LogP contribution >= 0.6 is 11.6 Å². The van der Waals surface area contributed by atoms with E-state index in [1.807, 2.05) is 36.1 Å². The summed E-state index contributed by atoms with van der Waals surface area (Å²) in [6.07, 6.45) is 4.42. The van der Waals surface area contributed by atoms with Crippen molar-refractivity contribution in [2.24, 2.45) is 5.92 Å². The molecule has 2 saturated heterocycles. The summed E-state index contributed by atoms with van der Waals surface area (Å²) in [6.45, 7) is 6.93. The van der Waals surface area contributed by atoms with Crippen molar-refractivity contribution in [2.75, 3.05) is 41.3 Å². The number of nitrogens with zero attached hydrogens (tertiary/aromatic N) is 5. The first-order valence-corrected chi connectivity index (χ1v) is 12.0. The summed E-state index contributed by atoms with van der Waals surface area (Å²) in [4.78, 5) is 34.7. The van der Waals surface area contributed by atoms with Crippen LogP contribution in [0.2, 0.25) is 5.02 Å². The fourth-order valence-corrected chi connectivity index (χ4v) is 4.87. The zero-order valence-corrected chi connectivity index (χ0v) is 20.2. The van der Waals surface area contributed by atoms with E-state index < -0.39 is 0 Å². The van der Waals surface area contributed by atoms with Gasteiger partial charge in [0.25, 0.3) is 0 Å². The number of anilines is 3. The van der Waals surface area contributed by atoms with Gasteiger partial charge in [-0.3, -0.25) is 0 Å². The van der Waals surface area contributed by atoms with Gasteiger partial charge in [0, 0.05) is 49.9 Å². The third kappa shape index (κ3) is 5.10. The predicted octanol–water partition coefficient (Wildman–Crippen LogP) is 4.15. The van der Waals surface area contributed by atoms with Gasteiger partial charge in [0.05, 0.1) is 22.5 Å². The van der Waals surface area contributed by atoms with E-state index >= 15 is 0 Å². The lowest BCUT2D eigenvalue weighted by Crippen LogP contribution is -2.59. The molecule has 178 valence electrons. The third-order valence-electron chi connectivity index (χ3n) is 6.71. The number of piperidine rings is 1. The Hall–Kier alpha value is -3.31. The smallest absolute Gasteiger partial charge is 0.322 e. The predicted molar refractivity (Wildman–Crippen MR) is 133 cm³/mol. The molecule has 2 aliphatic heterocycles. The number of hydrogen-bond acceptors (Lipinski definition) is 6. The van der Waals surface area contributed by atoms with Crippen molar-refractivity contribution >= 4 is 41.1 Å². The van der Waals surface area contributed by atoms with Crippen LogP contribution in [-0.2, 0) is 4.79 Å². The van der Waals surface area contributed by atoms with Gasteiger partial charge in [0.1, 0.15) is 18.2 Å². The molecule has 9 heteroatoms. The van der Waals surface area contributed by atoms with Gasteiger partial charge in [0.2, 0.25) is 0 Å². The summed E-state index contributed by atoms with van der Waals surface area (Å²) >= 11 is 6.23. The highest BCUT2D eigenvalue weighted by Gasteiger charge is 2.32. The zero-order chi connectivity index (χ0) is 24.2. The van der Waals surface area contributed by atoms with Gasteiger partial charge in [-0.1, -0.05) is 11.6 Å². The van der Waals surface area contributed by atoms with Crippen molar-refractivity contribution in [3.8, 4) is 6.07 Å². The SMILES string of the molecule is C[C@@H]1CN(c2ccc(C#N)c(Cl)c2)[C@@H](C)CN1C(=O)Nc1ccc(N2CCC(C=O)CC2)nc1. The molecule has 3 heterocycles. The highest BCUT2D eigenvalue weighted by Crippen LogP contribution is 2.28. The van der Waals surface area contributed by atoms with Gasteiger partial charge in [0.15, 0.2) is 0 Å². The number of halogens is 1. The Morgan fingerprint density at radius 1 is 1.18 bits per heavy atom. The van der Waals surface area contributed by atoms with Crippen molar-refractivity contribution in [3.63, 3.8) is 0 Å². The highest BCUT2D eigenvalue weighted by atomic mass is 35.5. The summed E-state index contributed by atoms with van der Waals surface area (Å²) in [6, 6.07) is 11.2.